The van der Waals surface area contributed by atoms with Gasteiger partial charge >= 0.3 is 11.9 Å². The van der Waals surface area contributed by atoms with Crippen LogP contribution in [0.5, 0.6) is 0 Å². The molecule has 2 saturated heterocycles. The van der Waals surface area contributed by atoms with E-state index in [1.165, 1.54) is 0 Å². The Kier molecular flexibility index (Phi) is 5.25. The molecule has 0 unspecified atom stereocenters. The topological polar surface area (TPSA) is 96.3 Å². The Morgan fingerprint density at radius 3 is 1.76 bits per heavy atom. The van der Waals surface area contributed by atoms with Crippen LogP contribution in [0.25, 0.3) is 0 Å². The summed E-state index contributed by atoms with van der Waals surface area (Å²) in [7, 11) is 0. The number of hydrogen-bond acceptors (Lipinski definition) is 5. The van der Waals surface area contributed by atoms with Crippen LogP contribution in [-0.2, 0) is 19.1 Å². The predicted molar refractivity (Wildman–Crippen MR) is 91.3 cm³/mol. The zero-order chi connectivity index (χ0) is 19.1. The van der Waals surface area contributed by atoms with Crippen LogP contribution in [0.4, 0.5) is 0 Å². The fourth-order valence-electron chi connectivity index (χ4n) is 4.45. The van der Waals surface area contributed by atoms with Gasteiger partial charge in [0.2, 0.25) is 5.41 Å². The third kappa shape index (κ3) is 3.55. The fourth-order valence-corrected chi connectivity index (χ4v) is 4.45. The Morgan fingerprint density at radius 1 is 0.960 bits per heavy atom. The van der Waals surface area contributed by atoms with E-state index >= 15 is 0 Å². The summed E-state index contributed by atoms with van der Waals surface area (Å²) in [6.07, 6.45) is 3.36. The van der Waals surface area contributed by atoms with Crippen molar-refractivity contribution in [2.24, 2.45) is 5.41 Å². The van der Waals surface area contributed by atoms with E-state index in [-0.39, 0.29) is 24.3 Å². The molecule has 25 heavy (non-hydrogen) atoms. The molecular formula is C18H31NO6. The summed E-state index contributed by atoms with van der Waals surface area (Å²) < 4.78 is 11.7. The molecule has 0 aromatic heterocycles. The second kappa shape index (κ2) is 6.52. The average molecular weight is 357 g/mol. The maximum atomic E-state index is 11.5. The van der Waals surface area contributed by atoms with Crippen LogP contribution in [0, 0.1) is 5.41 Å². The Morgan fingerprint density at radius 2 is 1.40 bits per heavy atom. The van der Waals surface area contributed by atoms with Crippen molar-refractivity contribution in [1.82, 2.24) is 4.90 Å². The monoisotopic (exact) mass is 357 g/mol. The quantitative estimate of drug-likeness (QED) is 0.729. The molecule has 2 rings (SSSR count). The lowest BCUT2D eigenvalue weighted by Crippen LogP contribution is -2.69. The zero-order valence-electron chi connectivity index (χ0n) is 15.9. The Bertz CT molecular complexity index is 498. The highest BCUT2D eigenvalue weighted by Crippen LogP contribution is 2.48. The first-order valence-electron chi connectivity index (χ1n) is 8.93. The first-order chi connectivity index (χ1) is 11.4. The van der Waals surface area contributed by atoms with Crippen molar-refractivity contribution in [2.45, 2.75) is 77.2 Å². The fraction of sp³-hybridized carbons (Fsp3) is 0.889. The minimum atomic E-state index is -2.03. The molecule has 0 aromatic carbocycles. The molecular weight excluding hydrogens is 326 g/mol. The first-order valence-corrected chi connectivity index (χ1v) is 8.93. The standard InChI is InChI=1S/C18H31NO6/c1-6-7-8-19-15(2,3)9-18(10-16(19,4)5)24-11-17(12-25-18,13(20)21)14(22)23/h6-12H2,1-5H3,(H,20,21)(H,22,23). The lowest BCUT2D eigenvalue weighted by Gasteiger charge is -2.60. The minimum Gasteiger partial charge on any atom is -0.480 e. The second-order valence-electron chi connectivity index (χ2n) is 8.66. The summed E-state index contributed by atoms with van der Waals surface area (Å²) >= 11 is 0. The summed E-state index contributed by atoms with van der Waals surface area (Å²) in [5.41, 5.74) is -2.44. The van der Waals surface area contributed by atoms with Crippen LogP contribution in [0.1, 0.15) is 60.3 Å². The molecule has 144 valence electrons. The molecule has 1 spiro atoms. The first kappa shape index (κ1) is 20.1. The summed E-state index contributed by atoms with van der Waals surface area (Å²) in [5.74, 6) is -3.79. The molecule has 0 amide bonds. The number of piperidine rings is 1. The van der Waals surface area contributed by atoms with Crippen molar-refractivity contribution in [1.29, 1.82) is 0 Å². The predicted octanol–water partition coefficient (Wildman–Crippen LogP) is 2.34. The number of unbranched alkanes of at least 4 members (excludes halogenated alkanes) is 1. The van der Waals surface area contributed by atoms with Gasteiger partial charge < -0.3 is 19.7 Å². The van der Waals surface area contributed by atoms with E-state index in [2.05, 4.69) is 39.5 Å². The Balaban J connectivity index is 2.23. The van der Waals surface area contributed by atoms with Crippen LogP contribution in [0.2, 0.25) is 0 Å². The van der Waals surface area contributed by atoms with Crippen LogP contribution in [0.15, 0.2) is 0 Å². The molecule has 7 heteroatoms. The summed E-state index contributed by atoms with van der Waals surface area (Å²) in [6, 6.07) is 0. The smallest absolute Gasteiger partial charge is 0.325 e. The van der Waals surface area contributed by atoms with E-state index < -0.39 is 23.1 Å². The second-order valence-corrected chi connectivity index (χ2v) is 8.66. The lowest BCUT2D eigenvalue weighted by molar-refractivity contribution is -0.336. The largest absolute Gasteiger partial charge is 0.480 e. The number of nitrogens with zero attached hydrogens (tertiary/aromatic N) is 1. The number of rotatable bonds is 5. The number of carboxylic acid groups (broad SMARTS) is 2. The molecule has 2 N–H and O–H groups in total. The van der Waals surface area contributed by atoms with E-state index in [4.69, 9.17) is 9.47 Å². The van der Waals surface area contributed by atoms with Gasteiger partial charge in [-0.2, -0.15) is 0 Å². The van der Waals surface area contributed by atoms with Gasteiger partial charge in [-0.15, -0.1) is 0 Å². The van der Waals surface area contributed by atoms with Crippen LogP contribution >= 0.6 is 0 Å². The van der Waals surface area contributed by atoms with E-state index in [1.807, 2.05) is 0 Å². The van der Waals surface area contributed by atoms with Gasteiger partial charge in [0.1, 0.15) is 0 Å². The highest BCUT2D eigenvalue weighted by atomic mass is 16.7. The van der Waals surface area contributed by atoms with E-state index in [1.54, 1.807) is 0 Å². The Labute approximate surface area is 149 Å². The van der Waals surface area contributed by atoms with Gasteiger partial charge in [0.15, 0.2) is 5.79 Å². The summed E-state index contributed by atoms with van der Waals surface area (Å²) in [6.45, 7) is 10.9. The van der Waals surface area contributed by atoms with Gasteiger partial charge in [0.25, 0.3) is 0 Å². The van der Waals surface area contributed by atoms with Crippen molar-refractivity contribution >= 4 is 11.9 Å². The van der Waals surface area contributed by atoms with Gasteiger partial charge in [-0.25, -0.2) is 0 Å². The highest BCUT2D eigenvalue weighted by molar-refractivity contribution is 5.98. The molecule has 0 bridgehead atoms. The molecule has 0 saturated carbocycles. The highest BCUT2D eigenvalue weighted by Gasteiger charge is 2.60. The minimum absolute atomic E-state index is 0.205. The Hall–Kier alpha value is -1.18. The van der Waals surface area contributed by atoms with Crippen molar-refractivity contribution in [3.05, 3.63) is 0 Å². The van der Waals surface area contributed by atoms with Crippen molar-refractivity contribution in [3.8, 4) is 0 Å². The van der Waals surface area contributed by atoms with Gasteiger partial charge in [0, 0.05) is 23.9 Å². The van der Waals surface area contributed by atoms with E-state index in [9.17, 15) is 19.8 Å². The van der Waals surface area contributed by atoms with Crippen molar-refractivity contribution in [2.75, 3.05) is 19.8 Å². The van der Waals surface area contributed by atoms with Crippen molar-refractivity contribution < 1.29 is 29.3 Å². The van der Waals surface area contributed by atoms with Crippen LogP contribution in [0.3, 0.4) is 0 Å². The number of likely N-dealkylation sites (tertiary alicyclic amines) is 1. The summed E-state index contributed by atoms with van der Waals surface area (Å²) in [5, 5.41) is 18.7. The molecule has 7 nitrogen and oxygen atoms in total. The zero-order valence-corrected chi connectivity index (χ0v) is 15.9. The molecule has 2 aliphatic heterocycles. The van der Waals surface area contributed by atoms with E-state index in [0.717, 1.165) is 19.4 Å². The SMILES string of the molecule is CCCCN1C(C)(C)CC2(CC1(C)C)OCC(C(=O)O)(C(=O)O)CO2. The molecule has 0 aromatic rings. The molecule has 2 fully saturated rings. The lowest BCUT2D eigenvalue weighted by atomic mass is 9.74. The van der Waals surface area contributed by atoms with Crippen LogP contribution < -0.4 is 0 Å². The number of carboxylic acids is 2. The molecule has 2 heterocycles. The molecule has 2 aliphatic rings. The number of ether oxygens (including phenoxy) is 2. The maximum absolute atomic E-state index is 11.5. The molecule has 0 atom stereocenters. The summed E-state index contributed by atoms with van der Waals surface area (Å²) in [4.78, 5) is 25.4. The molecule has 0 aliphatic carbocycles. The van der Waals surface area contributed by atoms with E-state index in [0.29, 0.717) is 12.8 Å². The van der Waals surface area contributed by atoms with Crippen molar-refractivity contribution in [3.63, 3.8) is 0 Å². The number of carbonyl (C=O) groups is 2. The van der Waals surface area contributed by atoms with Gasteiger partial charge in [0.05, 0.1) is 13.2 Å². The maximum Gasteiger partial charge on any atom is 0.325 e. The molecule has 0 radical (unpaired) electrons. The normalized spacial score (nSPS) is 27.1. The number of hydrogen-bond donors (Lipinski definition) is 2. The van der Waals surface area contributed by atoms with Crippen LogP contribution in [-0.4, -0.2) is 63.7 Å². The van der Waals surface area contributed by atoms with Gasteiger partial charge in [-0.05, 0) is 40.7 Å². The third-order valence-electron chi connectivity index (χ3n) is 5.58. The van der Waals surface area contributed by atoms with Gasteiger partial charge in [-0.3, -0.25) is 14.5 Å². The van der Waals surface area contributed by atoms with Gasteiger partial charge in [-0.1, -0.05) is 13.3 Å². The average Bonchev–Trinajstić information content (AvgIpc) is 2.45. The third-order valence-corrected chi connectivity index (χ3v) is 5.58. The number of aliphatic carboxylic acids is 2.